The zero-order valence-corrected chi connectivity index (χ0v) is 7.71. The average Bonchev–Trinajstić information content (AvgIpc) is 2.15. The van der Waals surface area contributed by atoms with E-state index >= 15 is 0 Å². The molecule has 4 heteroatoms. The van der Waals surface area contributed by atoms with Crippen LogP contribution in [0.4, 0.5) is 0 Å². The van der Waals surface area contributed by atoms with Gasteiger partial charge in [0.25, 0.3) is 5.91 Å². The second kappa shape index (κ2) is 4.97. The number of hydrogen-bond donors (Lipinski definition) is 2. The maximum Gasteiger partial charge on any atom is 0.284 e. The predicted molar refractivity (Wildman–Crippen MR) is 49.0 cm³/mol. The number of rotatable bonds is 4. The second-order valence-corrected chi connectivity index (χ2v) is 3.52. The Balaban J connectivity index is 2.17. The molecule has 0 radical (unpaired) electrons. The van der Waals surface area contributed by atoms with Crippen LogP contribution in [0.3, 0.4) is 0 Å². The van der Waals surface area contributed by atoms with Crippen molar-refractivity contribution in [2.75, 3.05) is 13.1 Å². The minimum atomic E-state index is -0.797. The number of carbonyl (C=O) groups excluding carboxylic acids is 2. The fourth-order valence-electron chi connectivity index (χ4n) is 1.63. The highest BCUT2D eigenvalue weighted by atomic mass is 16.2. The van der Waals surface area contributed by atoms with Crippen LogP contribution in [0.2, 0.25) is 0 Å². The van der Waals surface area contributed by atoms with E-state index in [2.05, 4.69) is 5.32 Å². The lowest BCUT2D eigenvalue weighted by Crippen LogP contribution is -2.29. The van der Waals surface area contributed by atoms with Crippen LogP contribution in [0, 0.1) is 5.92 Å². The highest BCUT2D eigenvalue weighted by molar-refractivity contribution is 6.35. The monoisotopic (exact) mass is 184 g/mol. The van der Waals surface area contributed by atoms with Crippen LogP contribution in [-0.4, -0.2) is 24.8 Å². The maximum atomic E-state index is 10.9. The average molecular weight is 184 g/mol. The molecule has 0 aliphatic carbocycles. The molecule has 0 bridgehead atoms. The van der Waals surface area contributed by atoms with Gasteiger partial charge in [0, 0.05) is 6.42 Å². The quantitative estimate of drug-likeness (QED) is 0.595. The number of carbonyl (C=O) groups is 2. The Bertz CT molecular complexity index is 198. The number of ketones is 1. The third-order valence-corrected chi connectivity index (χ3v) is 2.51. The molecule has 0 aromatic carbocycles. The van der Waals surface area contributed by atoms with E-state index in [0.29, 0.717) is 12.3 Å². The van der Waals surface area contributed by atoms with Crippen LogP contribution in [-0.2, 0) is 9.59 Å². The van der Waals surface area contributed by atoms with Crippen molar-refractivity contribution in [1.82, 2.24) is 5.32 Å². The van der Waals surface area contributed by atoms with Crippen molar-refractivity contribution in [2.45, 2.75) is 25.7 Å². The zero-order chi connectivity index (χ0) is 9.68. The molecule has 1 aliphatic rings. The van der Waals surface area contributed by atoms with Crippen molar-refractivity contribution >= 4 is 11.7 Å². The number of amides is 1. The Morgan fingerprint density at radius 1 is 1.31 bits per heavy atom. The summed E-state index contributed by atoms with van der Waals surface area (Å²) in [4.78, 5) is 21.3. The van der Waals surface area contributed by atoms with Crippen molar-refractivity contribution in [3.8, 4) is 0 Å². The van der Waals surface area contributed by atoms with Crippen LogP contribution in [0.1, 0.15) is 25.7 Å². The first kappa shape index (κ1) is 10.2. The van der Waals surface area contributed by atoms with E-state index < -0.39 is 11.7 Å². The third-order valence-electron chi connectivity index (χ3n) is 2.51. The molecule has 0 unspecified atom stereocenters. The van der Waals surface area contributed by atoms with Crippen molar-refractivity contribution in [2.24, 2.45) is 11.7 Å². The molecule has 0 aromatic heterocycles. The number of hydrogen-bond acceptors (Lipinski definition) is 3. The summed E-state index contributed by atoms with van der Waals surface area (Å²) in [6, 6.07) is 0. The maximum absolute atomic E-state index is 10.9. The molecular weight excluding hydrogens is 168 g/mol. The van der Waals surface area contributed by atoms with Gasteiger partial charge in [-0.3, -0.25) is 9.59 Å². The lowest BCUT2D eigenvalue weighted by Gasteiger charge is -2.21. The number of primary amides is 1. The first-order valence-electron chi connectivity index (χ1n) is 4.73. The van der Waals surface area contributed by atoms with Gasteiger partial charge < -0.3 is 11.1 Å². The van der Waals surface area contributed by atoms with E-state index in [9.17, 15) is 9.59 Å². The molecular formula is C9H16N2O2. The Kier molecular flexibility index (Phi) is 3.89. The highest BCUT2D eigenvalue weighted by Gasteiger charge is 2.16. The summed E-state index contributed by atoms with van der Waals surface area (Å²) in [5.74, 6) is -0.642. The smallest absolute Gasteiger partial charge is 0.284 e. The summed E-state index contributed by atoms with van der Waals surface area (Å²) in [5, 5.41) is 3.25. The van der Waals surface area contributed by atoms with Crippen molar-refractivity contribution < 1.29 is 9.59 Å². The lowest BCUT2D eigenvalue weighted by atomic mass is 9.92. The van der Waals surface area contributed by atoms with Gasteiger partial charge in [0.2, 0.25) is 5.78 Å². The molecule has 3 N–H and O–H groups in total. The summed E-state index contributed by atoms with van der Waals surface area (Å²) in [5.41, 5.74) is 4.85. The molecule has 0 atom stereocenters. The third kappa shape index (κ3) is 3.55. The molecule has 0 saturated carbocycles. The molecule has 1 aliphatic heterocycles. The zero-order valence-electron chi connectivity index (χ0n) is 7.71. The molecule has 4 nitrogen and oxygen atoms in total. The molecule has 1 saturated heterocycles. The van der Waals surface area contributed by atoms with Crippen LogP contribution < -0.4 is 11.1 Å². The van der Waals surface area contributed by atoms with Crippen LogP contribution in [0.25, 0.3) is 0 Å². The molecule has 0 spiro atoms. The van der Waals surface area contributed by atoms with Gasteiger partial charge in [-0.05, 0) is 38.3 Å². The summed E-state index contributed by atoms with van der Waals surface area (Å²) in [6.07, 6.45) is 3.33. The van der Waals surface area contributed by atoms with E-state index in [1.807, 2.05) is 0 Å². The Morgan fingerprint density at radius 2 is 1.92 bits per heavy atom. The molecule has 1 rings (SSSR count). The Morgan fingerprint density at radius 3 is 2.46 bits per heavy atom. The van der Waals surface area contributed by atoms with Gasteiger partial charge in [-0.2, -0.15) is 0 Å². The second-order valence-electron chi connectivity index (χ2n) is 3.52. The van der Waals surface area contributed by atoms with Gasteiger partial charge in [-0.1, -0.05) is 0 Å². The van der Waals surface area contributed by atoms with E-state index in [1.165, 1.54) is 0 Å². The van der Waals surface area contributed by atoms with Gasteiger partial charge in [0.15, 0.2) is 0 Å². The SMILES string of the molecule is NC(=O)C(=O)CCC1CCNCC1. The molecule has 1 fully saturated rings. The number of piperidine rings is 1. The Labute approximate surface area is 77.9 Å². The van der Waals surface area contributed by atoms with E-state index in [1.54, 1.807) is 0 Å². The normalized spacial score (nSPS) is 18.5. The first-order chi connectivity index (χ1) is 6.20. The van der Waals surface area contributed by atoms with Gasteiger partial charge in [0.05, 0.1) is 0 Å². The molecule has 1 heterocycles. The standard InChI is InChI=1S/C9H16N2O2/c10-9(13)8(12)2-1-7-3-5-11-6-4-7/h7,11H,1-6H2,(H2,10,13). The van der Waals surface area contributed by atoms with Gasteiger partial charge in [-0.25, -0.2) is 0 Å². The highest BCUT2D eigenvalue weighted by Crippen LogP contribution is 2.17. The van der Waals surface area contributed by atoms with Crippen LogP contribution in [0.5, 0.6) is 0 Å². The topological polar surface area (TPSA) is 72.2 Å². The fourth-order valence-corrected chi connectivity index (χ4v) is 1.63. The molecule has 74 valence electrons. The molecule has 1 amide bonds. The fraction of sp³-hybridized carbons (Fsp3) is 0.778. The van der Waals surface area contributed by atoms with E-state index in [-0.39, 0.29) is 0 Å². The van der Waals surface area contributed by atoms with Gasteiger partial charge in [0.1, 0.15) is 0 Å². The van der Waals surface area contributed by atoms with Crippen molar-refractivity contribution in [3.63, 3.8) is 0 Å². The predicted octanol–water partition coefficient (Wildman–Crippen LogP) is -0.179. The molecule has 13 heavy (non-hydrogen) atoms. The summed E-state index contributed by atoms with van der Waals surface area (Å²) < 4.78 is 0. The van der Waals surface area contributed by atoms with Gasteiger partial charge >= 0.3 is 0 Å². The largest absolute Gasteiger partial charge is 0.363 e. The molecule has 0 aromatic rings. The van der Waals surface area contributed by atoms with Crippen LogP contribution in [0.15, 0.2) is 0 Å². The van der Waals surface area contributed by atoms with E-state index in [0.717, 1.165) is 32.4 Å². The number of Topliss-reactive ketones (excluding diaryl/α,β-unsaturated/α-hetero) is 1. The minimum absolute atomic E-state index is 0.319. The summed E-state index contributed by atoms with van der Waals surface area (Å²) in [7, 11) is 0. The Hall–Kier alpha value is -0.900. The van der Waals surface area contributed by atoms with Crippen molar-refractivity contribution in [3.05, 3.63) is 0 Å². The van der Waals surface area contributed by atoms with Crippen LogP contribution >= 0.6 is 0 Å². The van der Waals surface area contributed by atoms with E-state index in [4.69, 9.17) is 5.73 Å². The van der Waals surface area contributed by atoms with Crippen molar-refractivity contribution in [1.29, 1.82) is 0 Å². The lowest BCUT2D eigenvalue weighted by molar-refractivity contribution is -0.136. The summed E-state index contributed by atoms with van der Waals surface area (Å²) in [6.45, 7) is 2.05. The number of nitrogens with two attached hydrogens (primary N) is 1. The van der Waals surface area contributed by atoms with Gasteiger partial charge in [-0.15, -0.1) is 0 Å². The number of nitrogens with one attached hydrogen (secondary N) is 1. The first-order valence-corrected chi connectivity index (χ1v) is 4.73. The minimum Gasteiger partial charge on any atom is -0.363 e. The summed E-state index contributed by atoms with van der Waals surface area (Å²) >= 11 is 0.